The fourth-order valence-electron chi connectivity index (χ4n) is 4.62. The number of aromatic amines is 1. The van der Waals surface area contributed by atoms with Gasteiger partial charge in [-0.3, -0.25) is 14.3 Å². The van der Waals surface area contributed by atoms with Gasteiger partial charge in [0, 0.05) is 49.7 Å². The Morgan fingerprint density at radius 3 is 2.67 bits per heavy atom. The van der Waals surface area contributed by atoms with E-state index in [2.05, 4.69) is 47.4 Å². The predicted octanol–water partition coefficient (Wildman–Crippen LogP) is 3.43. The number of benzene rings is 1. The van der Waals surface area contributed by atoms with E-state index in [-0.39, 0.29) is 11.8 Å². The average molecular weight is 447 g/mol. The van der Waals surface area contributed by atoms with Crippen LogP contribution in [0.2, 0.25) is 0 Å². The first-order valence-corrected chi connectivity index (χ1v) is 11.8. The minimum Gasteiger partial charge on any atom is -0.350 e. The lowest BCUT2D eigenvalue weighted by Gasteiger charge is -2.30. The smallest absolute Gasteiger partial charge is 0.270 e. The molecule has 1 fully saturated rings. The number of likely N-dealkylation sites (tertiary alicyclic amines) is 1. The number of amides is 2. The third-order valence-electron chi connectivity index (χ3n) is 6.67. The third kappa shape index (κ3) is 4.29. The van der Waals surface area contributed by atoms with Gasteiger partial charge in [0.1, 0.15) is 5.69 Å². The minimum absolute atomic E-state index is 0.0785. The first-order valence-electron chi connectivity index (χ1n) is 11.8. The van der Waals surface area contributed by atoms with Gasteiger partial charge in [-0.15, -0.1) is 5.10 Å². The molecule has 1 saturated heterocycles. The van der Waals surface area contributed by atoms with Crippen LogP contribution in [0.3, 0.4) is 0 Å². The molecule has 4 heterocycles. The Bertz CT molecular complexity index is 1200. The maximum absolute atomic E-state index is 12.8. The monoisotopic (exact) mass is 446 g/mol. The lowest BCUT2D eigenvalue weighted by molar-refractivity contribution is -0.131. The molecule has 0 saturated carbocycles. The van der Waals surface area contributed by atoms with E-state index in [1.54, 1.807) is 17.1 Å². The Balaban J connectivity index is 1.38. The van der Waals surface area contributed by atoms with E-state index in [0.717, 1.165) is 54.5 Å². The molecule has 2 aromatic heterocycles. The summed E-state index contributed by atoms with van der Waals surface area (Å²) < 4.78 is 1.69. The van der Waals surface area contributed by atoms with Gasteiger partial charge in [-0.1, -0.05) is 31.2 Å². The van der Waals surface area contributed by atoms with Gasteiger partial charge in [0.2, 0.25) is 5.91 Å². The highest BCUT2D eigenvalue weighted by atomic mass is 16.2. The van der Waals surface area contributed by atoms with Gasteiger partial charge < -0.3 is 14.8 Å². The summed E-state index contributed by atoms with van der Waals surface area (Å²) in [4.78, 5) is 32.8. The summed E-state index contributed by atoms with van der Waals surface area (Å²) in [6, 6.07) is 6.36. The van der Waals surface area contributed by atoms with Crippen molar-refractivity contribution in [3.05, 3.63) is 53.5 Å². The van der Waals surface area contributed by atoms with Crippen LogP contribution in [0.4, 0.5) is 0 Å². The van der Waals surface area contributed by atoms with E-state index >= 15 is 0 Å². The SMILES string of the molecule is CC(C)c1cc(C2=CCCN(C(=O)CCn3ccnn3)C2)cc2[nH]c(C(=O)N3CCC3)cc12. The molecule has 0 radical (unpaired) electrons. The largest absolute Gasteiger partial charge is 0.350 e. The van der Waals surface area contributed by atoms with Crippen LogP contribution in [0.15, 0.2) is 36.7 Å². The molecule has 2 amide bonds. The Morgan fingerprint density at radius 2 is 1.97 bits per heavy atom. The molecule has 3 aromatic rings. The molecule has 8 heteroatoms. The molecule has 0 bridgehead atoms. The normalized spacial score (nSPS) is 16.3. The van der Waals surface area contributed by atoms with Crippen molar-refractivity contribution >= 4 is 28.3 Å². The van der Waals surface area contributed by atoms with Crippen LogP contribution in [0, 0.1) is 0 Å². The van der Waals surface area contributed by atoms with E-state index in [9.17, 15) is 9.59 Å². The Kier molecular flexibility index (Phi) is 5.74. The van der Waals surface area contributed by atoms with Crippen LogP contribution >= 0.6 is 0 Å². The zero-order valence-corrected chi connectivity index (χ0v) is 19.3. The lowest BCUT2D eigenvalue weighted by Crippen LogP contribution is -2.42. The van der Waals surface area contributed by atoms with Crippen molar-refractivity contribution in [3.63, 3.8) is 0 Å². The highest BCUT2D eigenvalue weighted by Gasteiger charge is 2.25. The van der Waals surface area contributed by atoms with Crippen molar-refractivity contribution in [2.75, 3.05) is 26.2 Å². The molecule has 0 spiro atoms. The van der Waals surface area contributed by atoms with Gasteiger partial charge in [0.05, 0.1) is 12.7 Å². The van der Waals surface area contributed by atoms with Gasteiger partial charge in [0.15, 0.2) is 0 Å². The van der Waals surface area contributed by atoms with Crippen molar-refractivity contribution in [1.29, 1.82) is 0 Å². The molecule has 33 heavy (non-hydrogen) atoms. The summed E-state index contributed by atoms with van der Waals surface area (Å²) in [5, 5.41) is 8.84. The summed E-state index contributed by atoms with van der Waals surface area (Å²) >= 11 is 0. The van der Waals surface area contributed by atoms with Crippen LogP contribution in [0.25, 0.3) is 16.5 Å². The average Bonchev–Trinajstić information content (AvgIpc) is 3.45. The fraction of sp³-hybridized carbons (Fsp3) is 0.440. The van der Waals surface area contributed by atoms with Gasteiger partial charge in [-0.2, -0.15) is 0 Å². The van der Waals surface area contributed by atoms with Crippen LogP contribution in [0.5, 0.6) is 0 Å². The minimum atomic E-state index is 0.0785. The number of nitrogens with zero attached hydrogens (tertiary/aromatic N) is 5. The Labute approximate surface area is 193 Å². The number of hydrogen-bond donors (Lipinski definition) is 1. The van der Waals surface area contributed by atoms with Crippen molar-refractivity contribution in [1.82, 2.24) is 29.8 Å². The standard InChI is InChI=1S/C25H30N6O2/c1-17(2)20-13-19(14-22-21(20)15-23(27-22)25(33)29-9-4-10-29)18-5-3-8-30(16-18)24(32)6-11-31-12-7-26-28-31/h5,7,12-15,17,27H,3-4,6,8-11,16H2,1-2H3. The van der Waals surface area contributed by atoms with Gasteiger partial charge in [-0.05, 0) is 47.6 Å². The summed E-state index contributed by atoms with van der Waals surface area (Å²) in [5.74, 6) is 0.526. The molecule has 8 nitrogen and oxygen atoms in total. The van der Waals surface area contributed by atoms with Gasteiger partial charge in [-0.25, -0.2) is 0 Å². The van der Waals surface area contributed by atoms with E-state index in [0.29, 0.717) is 31.1 Å². The summed E-state index contributed by atoms with van der Waals surface area (Å²) in [5.41, 5.74) is 5.13. The zero-order valence-electron chi connectivity index (χ0n) is 19.3. The third-order valence-corrected chi connectivity index (χ3v) is 6.67. The number of hydrogen-bond acceptors (Lipinski definition) is 4. The van der Waals surface area contributed by atoms with Crippen molar-refractivity contribution in [2.45, 2.75) is 45.6 Å². The maximum atomic E-state index is 12.8. The molecule has 0 unspecified atom stereocenters. The number of H-pyrrole nitrogens is 1. The lowest BCUT2D eigenvalue weighted by atomic mass is 9.92. The van der Waals surface area contributed by atoms with Crippen LogP contribution in [-0.4, -0.2) is 67.8 Å². The molecule has 0 aliphatic carbocycles. The Hall–Kier alpha value is -3.42. The van der Waals surface area contributed by atoms with Crippen LogP contribution in [0.1, 0.15) is 60.6 Å². The molecule has 5 rings (SSSR count). The first-order chi connectivity index (χ1) is 16.0. The molecule has 0 atom stereocenters. The van der Waals surface area contributed by atoms with Crippen LogP contribution in [-0.2, 0) is 11.3 Å². The summed E-state index contributed by atoms with van der Waals surface area (Å²) in [6.45, 7) is 7.90. The first kappa shape index (κ1) is 21.4. The van der Waals surface area contributed by atoms with Gasteiger partial charge >= 0.3 is 0 Å². The second kappa shape index (κ2) is 8.84. The number of carbonyl (C=O) groups excluding carboxylic acids is 2. The molecule has 172 valence electrons. The maximum Gasteiger partial charge on any atom is 0.270 e. The van der Waals surface area contributed by atoms with Crippen molar-refractivity contribution < 1.29 is 9.59 Å². The summed E-state index contributed by atoms with van der Waals surface area (Å²) in [7, 11) is 0. The van der Waals surface area contributed by atoms with Crippen LogP contribution < -0.4 is 0 Å². The van der Waals surface area contributed by atoms with Gasteiger partial charge in [0.25, 0.3) is 5.91 Å². The second-order valence-corrected chi connectivity index (χ2v) is 9.26. The highest BCUT2D eigenvalue weighted by molar-refractivity contribution is 6.00. The Morgan fingerprint density at radius 1 is 1.12 bits per heavy atom. The molecule has 1 N–H and O–H groups in total. The molecule has 1 aromatic carbocycles. The van der Waals surface area contributed by atoms with E-state index in [1.807, 2.05) is 15.9 Å². The number of carbonyl (C=O) groups is 2. The molecule has 2 aliphatic rings. The topological polar surface area (TPSA) is 87.1 Å². The molecule has 2 aliphatic heterocycles. The summed E-state index contributed by atoms with van der Waals surface area (Å²) in [6.07, 6.45) is 7.96. The second-order valence-electron chi connectivity index (χ2n) is 9.26. The molecular formula is C25H30N6O2. The predicted molar refractivity (Wildman–Crippen MR) is 127 cm³/mol. The number of aromatic nitrogens is 4. The number of nitrogens with one attached hydrogen (secondary N) is 1. The molecular weight excluding hydrogens is 416 g/mol. The van der Waals surface area contributed by atoms with E-state index in [1.165, 1.54) is 5.56 Å². The number of rotatable bonds is 6. The van der Waals surface area contributed by atoms with E-state index in [4.69, 9.17) is 0 Å². The van der Waals surface area contributed by atoms with Crippen molar-refractivity contribution in [3.8, 4) is 0 Å². The number of fused-ring (bicyclic) bond motifs is 1. The fourth-order valence-corrected chi connectivity index (χ4v) is 4.62. The highest BCUT2D eigenvalue weighted by Crippen LogP contribution is 2.32. The quantitative estimate of drug-likeness (QED) is 0.628. The van der Waals surface area contributed by atoms with Crippen molar-refractivity contribution in [2.24, 2.45) is 0 Å². The number of aryl methyl sites for hydroxylation is 1. The zero-order chi connectivity index (χ0) is 22.9. The van der Waals surface area contributed by atoms with E-state index < -0.39 is 0 Å².